The summed E-state index contributed by atoms with van der Waals surface area (Å²) < 4.78 is 1.70. The fraction of sp³-hybridized carbons (Fsp3) is 0.190. The smallest absolute Gasteiger partial charge is 0.225 e. The molecule has 0 saturated carbocycles. The van der Waals surface area contributed by atoms with E-state index >= 15 is 0 Å². The van der Waals surface area contributed by atoms with Crippen molar-refractivity contribution < 1.29 is 9.59 Å². The third-order valence-electron chi connectivity index (χ3n) is 4.18. The van der Waals surface area contributed by atoms with Crippen LogP contribution in [0.5, 0.6) is 0 Å². The van der Waals surface area contributed by atoms with Crippen LogP contribution in [0.15, 0.2) is 60.8 Å². The first-order valence-corrected chi connectivity index (χ1v) is 9.05. The van der Waals surface area contributed by atoms with Gasteiger partial charge in [-0.15, -0.1) is 0 Å². The van der Waals surface area contributed by atoms with E-state index in [1.54, 1.807) is 29.1 Å². The van der Waals surface area contributed by atoms with Crippen LogP contribution in [0.4, 0.5) is 5.82 Å². The molecule has 5 nitrogen and oxygen atoms in total. The number of aromatic nitrogens is 2. The molecule has 3 aromatic rings. The molecule has 0 saturated heterocycles. The minimum absolute atomic E-state index is 0.0418. The summed E-state index contributed by atoms with van der Waals surface area (Å²) in [6.45, 7) is 2.48. The second-order valence-electron chi connectivity index (χ2n) is 6.34. The molecule has 27 heavy (non-hydrogen) atoms. The number of halogens is 1. The Kier molecular flexibility index (Phi) is 6.04. The van der Waals surface area contributed by atoms with E-state index in [1.807, 2.05) is 43.3 Å². The third-order valence-corrected chi connectivity index (χ3v) is 4.43. The number of nitrogens with zero attached hydrogens (tertiary/aromatic N) is 2. The summed E-state index contributed by atoms with van der Waals surface area (Å²) in [5.41, 5.74) is 2.74. The first kappa shape index (κ1) is 18.9. The van der Waals surface area contributed by atoms with Crippen LogP contribution in [0.2, 0.25) is 5.02 Å². The predicted octanol–water partition coefficient (Wildman–Crippen LogP) is 4.49. The van der Waals surface area contributed by atoms with Gasteiger partial charge < -0.3 is 5.32 Å². The van der Waals surface area contributed by atoms with E-state index in [4.69, 9.17) is 11.6 Å². The van der Waals surface area contributed by atoms with Crippen molar-refractivity contribution in [3.63, 3.8) is 0 Å². The van der Waals surface area contributed by atoms with Gasteiger partial charge in [0.25, 0.3) is 0 Å². The molecule has 1 aromatic heterocycles. The van der Waals surface area contributed by atoms with Crippen molar-refractivity contribution >= 4 is 29.1 Å². The van der Waals surface area contributed by atoms with Gasteiger partial charge in [-0.1, -0.05) is 53.6 Å². The Morgan fingerprint density at radius 2 is 1.70 bits per heavy atom. The molecule has 0 bridgehead atoms. The van der Waals surface area contributed by atoms with E-state index in [-0.39, 0.29) is 24.5 Å². The van der Waals surface area contributed by atoms with Crippen molar-refractivity contribution in [1.29, 1.82) is 0 Å². The van der Waals surface area contributed by atoms with E-state index in [0.717, 1.165) is 11.1 Å². The molecule has 1 heterocycles. The fourth-order valence-electron chi connectivity index (χ4n) is 2.64. The molecule has 0 aliphatic carbocycles. The number of anilines is 1. The Morgan fingerprint density at radius 3 is 2.41 bits per heavy atom. The minimum atomic E-state index is -0.215. The zero-order valence-corrected chi connectivity index (χ0v) is 15.7. The maximum Gasteiger partial charge on any atom is 0.225 e. The van der Waals surface area contributed by atoms with Crippen LogP contribution in [0.1, 0.15) is 34.3 Å². The molecule has 0 atom stereocenters. The van der Waals surface area contributed by atoms with Crippen molar-refractivity contribution in [2.75, 3.05) is 5.32 Å². The number of Topliss-reactive ketones (excluding diaryl/α,β-unsaturated/α-hetero) is 1. The first-order chi connectivity index (χ1) is 13.0. The number of nitrogens with one attached hydrogen (secondary N) is 1. The highest BCUT2D eigenvalue weighted by molar-refractivity contribution is 6.30. The highest BCUT2D eigenvalue weighted by Crippen LogP contribution is 2.14. The summed E-state index contributed by atoms with van der Waals surface area (Å²) >= 11 is 5.90. The van der Waals surface area contributed by atoms with E-state index in [0.29, 0.717) is 22.9 Å². The van der Waals surface area contributed by atoms with Crippen molar-refractivity contribution in [2.45, 2.75) is 26.3 Å². The lowest BCUT2D eigenvalue weighted by molar-refractivity contribution is -0.116. The number of hydrogen-bond donors (Lipinski definition) is 1. The Labute approximate surface area is 163 Å². The van der Waals surface area contributed by atoms with E-state index in [2.05, 4.69) is 10.4 Å². The van der Waals surface area contributed by atoms with Gasteiger partial charge in [-0.3, -0.25) is 9.59 Å². The molecule has 2 aromatic carbocycles. The second kappa shape index (κ2) is 8.64. The Hall–Kier alpha value is -2.92. The van der Waals surface area contributed by atoms with E-state index < -0.39 is 0 Å². The highest BCUT2D eigenvalue weighted by atomic mass is 35.5. The summed E-state index contributed by atoms with van der Waals surface area (Å²) in [4.78, 5) is 24.4. The zero-order chi connectivity index (χ0) is 19.2. The van der Waals surface area contributed by atoms with Crippen LogP contribution in [0.3, 0.4) is 0 Å². The zero-order valence-electron chi connectivity index (χ0n) is 15.0. The van der Waals surface area contributed by atoms with E-state index in [9.17, 15) is 9.59 Å². The summed E-state index contributed by atoms with van der Waals surface area (Å²) in [5, 5.41) is 7.73. The summed E-state index contributed by atoms with van der Waals surface area (Å²) in [7, 11) is 0. The van der Waals surface area contributed by atoms with Crippen LogP contribution in [0, 0.1) is 6.92 Å². The molecule has 0 aliphatic heterocycles. The number of rotatable bonds is 7. The molecule has 1 amide bonds. The first-order valence-electron chi connectivity index (χ1n) is 8.67. The molecule has 1 N–H and O–H groups in total. The number of hydrogen-bond acceptors (Lipinski definition) is 3. The lowest BCUT2D eigenvalue weighted by Gasteiger charge is -2.09. The van der Waals surface area contributed by atoms with Crippen LogP contribution >= 0.6 is 11.6 Å². The van der Waals surface area contributed by atoms with Crippen LogP contribution in [0.25, 0.3) is 0 Å². The van der Waals surface area contributed by atoms with Gasteiger partial charge in [0.15, 0.2) is 5.78 Å². The number of carbonyl (C=O) groups is 2. The van der Waals surface area contributed by atoms with Crippen LogP contribution in [-0.4, -0.2) is 21.5 Å². The van der Waals surface area contributed by atoms with Gasteiger partial charge in [0, 0.05) is 29.5 Å². The molecule has 3 rings (SSSR count). The largest absolute Gasteiger partial charge is 0.311 e. The lowest BCUT2D eigenvalue weighted by atomic mass is 10.1. The van der Waals surface area contributed by atoms with Crippen molar-refractivity contribution in [1.82, 2.24) is 9.78 Å². The minimum Gasteiger partial charge on any atom is -0.311 e. The van der Waals surface area contributed by atoms with Gasteiger partial charge in [-0.25, -0.2) is 4.68 Å². The number of benzene rings is 2. The van der Waals surface area contributed by atoms with Crippen molar-refractivity contribution in [2.24, 2.45) is 0 Å². The fourth-order valence-corrected chi connectivity index (χ4v) is 2.77. The highest BCUT2D eigenvalue weighted by Gasteiger charge is 2.11. The molecule has 6 heteroatoms. The second-order valence-corrected chi connectivity index (χ2v) is 6.77. The normalized spacial score (nSPS) is 10.6. The molecule has 0 aliphatic rings. The van der Waals surface area contributed by atoms with Crippen LogP contribution in [-0.2, 0) is 11.3 Å². The number of aryl methyl sites for hydroxylation is 1. The number of ketones is 1. The van der Waals surface area contributed by atoms with Gasteiger partial charge in [-0.2, -0.15) is 5.10 Å². The SMILES string of the molecule is Cc1ccc(C(=O)CCC(=O)Nc2ccnn2Cc2ccc(Cl)cc2)cc1. The van der Waals surface area contributed by atoms with E-state index in [1.165, 1.54) is 0 Å². The van der Waals surface area contributed by atoms with Crippen molar-refractivity contribution in [3.8, 4) is 0 Å². The summed E-state index contributed by atoms with van der Waals surface area (Å²) in [6, 6.07) is 16.5. The van der Waals surface area contributed by atoms with Gasteiger partial charge >= 0.3 is 0 Å². The number of amides is 1. The maximum absolute atomic E-state index is 12.2. The Morgan fingerprint density at radius 1 is 1.00 bits per heavy atom. The third kappa shape index (κ3) is 5.28. The monoisotopic (exact) mass is 381 g/mol. The Bertz CT molecular complexity index is 931. The number of carbonyl (C=O) groups excluding carboxylic acids is 2. The van der Waals surface area contributed by atoms with Gasteiger partial charge in [-0.05, 0) is 24.6 Å². The lowest BCUT2D eigenvalue weighted by Crippen LogP contribution is -2.17. The van der Waals surface area contributed by atoms with Crippen molar-refractivity contribution in [3.05, 3.63) is 82.5 Å². The summed E-state index contributed by atoms with van der Waals surface area (Å²) in [5.74, 6) is 0.339. The average molecular weight is 382 g/mol. The predicted molar refractivity (Wildman–Crippen MR) is 106 cm³/mol. The maximum atomic E-state index is 12.2. The molecular weight excluding hydrogens is 362 g/mol. The molecule has 0 fully saturated rings. The standard InChI is InChI=1S/C21H20ClN3O2/c1-15-2-6-17(7-3-15)19(26)10-11-21(27)24-20-12-13-23-25(20)14-16-4-8-18(22)9-5-16/h2-9,12-13H,10-11,14H2,1H3,(H,24,27). The summed E-state index contributed by atoms with van der Waals surface area (Å²) in [6.07, 6.45) is 1.92. The molecule has 0 radical (unpaired) electrons. The van der Waals surface area contributed by atoms with Gasteiger partial charge in [0.1, 0.15) is 5.82 Å². The molecule has 138 valence electrons. The van der Waals surface area contributed by atoms with Crippen LogP contribution < -0.4 is 5.32 Å². The van der Waals surface area contributed by atoms with Gasteiger partial charge in [0.2, 0.25) is 5.91 Å². The molecular formula is C21H20ClN3O2. The Balaban J connectivity index is 1.55. The molecule has 0 unspecified atom stereocenters. The topological polar surface area (TPSA) is 64.0 Å². The quantitative estimate of drug-likeness (QED) is 0.613. The average Bonchev–Trinajstić information content (AvgIpc) is 3.09. The van der Waals surface area contributed by atoms with Gasteiger partial charge in [0.05, 0.1) is 12.7 Å². The molecule has 0 spiro atoms.